The summed E-state index contributed by atoms with van der Waals surface area (Å²) in [4.78, 5) is 22.2. The summed E-state index contributed by atoms with van der Waals surface area (Å²) in [6, 6.07) is 0. The van der Waals surface area contributed by atoms with Crippen LogP contribution in [0.25, 0.3) is 10.2 Å². The van der Waals surface area contributed by atoms with Gasteiger partial charge in [0.2, 0.25) is 0 Å². The molecule has 0 bridgehead atoms. The molecule has 0 saturated carbocycles. The zero-order chi connectivity index (χ0) is 16.2. The van der Waals surface area contributed by atoms with Gasteiger partial charge >= 0.3 is 5.97 Å². The van der Waals surface area contributed by atoms with Gasteiger partial charge in [-0.05, 0) is 44.1 Å². The molecule has 1 aliphatic rings. The minimum absolute atomic E-state index is 0.259. The molecule has 0 aromatic carbocycles. The van der Waals surface area contributed by atoms with Gasteiger partial charge in [-0.3, -0.25) is 4.79 Å². The van der Waals surface area contributed by atoms with Gasteiger partial charge in [-0.2, -0.15) is 0 Å². The molecule has 0 saturated heterocycles. The molecule has 3 rings (SSSR count). The summed E-state index contributed by atoms with van der Waals surface area (Å²) in [5.41, 5.74) is 1.38. The SMILES string of the molecule is O=C(O)CCCCCCc1nc(Cl)c2c3c(sc2n1)CCCC3. The Morgan fingerprint density at radius 2 is 1.91 bits per heavy atom. The number of aryl methyl sites for hydroxylation is 3. The van der Waals surface area contributed by atoms with Crippen molar-refractivity contribution in [2.24, 2.45) is 0 Å². The normalized spacial score (nSPS) is 14.1. The summed E-state index contributed by atoms with van der Waals surface area (Å²) in [6.07, 6.45) is 9.47. The van der Waals surface area contributed by atoms with Crippen LogP contribution in [0.15, 0.2) is 0 Å². The third-order valence-electron chi connectivity index (χ3n) is 4.36. The van der Waals surface area contributed by atoms with Crippen LogP contribution in [-0.2, 0) is 24.1 Å². The number of hydrogen-bond donors (Lipinski definition) is 1. The van der Waals surface area contributed by atoms with Crippen molar-refractivity contribution in [2.45, 2.75) is 64.2 Å². The van der Waals surface area contributed by atoms with Crippen molar-refractivity contribution in [1.29, 1.82) is 0 Å². The molecule has 1 aliphatic carbocycles. The molecule has 0 fully saturated rings. The van der Waals surface area contributed by atoms with Gasteiger partial charge in [0, 0.05) is 17.7 Å². The number of halogens is 1. The second-order valence-corrected chi connectivity index (χ2v) is 7.57. The molecule has 0 spiro atoms. The lowest BCUT2D eigenvalue weighted by molar-refractivity contribution is -0.137. The molecule has 0 amide bonds. The minimum Gasteiger partial charge on any atom is -0.481 e. The largest absolute Gasteiger partial charge is 0.481 e. The Labute approximate surface area is 144 Å². The summed E-state index contributed by atoms with van der Waals surface area (Å²) < 4.78 is 0. The number of hydrogen-bond acceptors (Lipinski definition) is 4. The van der Waals surface area contributed by atoms with E-state index in [4.69, 9.17) is 21.7 Å². The Kier molecular flexibility index (Phi) is 5.49. The van der Waals surface area contributed by atoms with Crippen molar-refractivity contribution in [1.82, 2.24) is 9.97 Å². The fourth-order valence-corrected chi connectivity index (χ4v) is 4.82. The highest BCUT2D eigenvalue weighted by Gasteiger charge is 2.20. The fourth-order valence-electron chi connectivity index (χ4n) is 3.18. The molecule has 6 heteroatoms. The van der Waals surface area contributed by atoms with E-state index in [1.54, 1.807) is 11.3 Å². The van der Waals surface area contributed by atoms with Gasteiger partial charge in [-0.1, -0.05) is 24.4 Å². The van der Waals surface area contributed by atoms with Gasteiger partial charge in [0.05, 0.1) is 5.39 Å². The van der Waals surface area contributed by atoms with E-state index < -0.39 is 5.97 Å². The molecule has 1 N–H and O–H groups in total. The number of carboxylic acids is 1. The molecule has 4 nitrogen and oxygen atoms in total. The van der Waals surface area contributed by atoms with E-state index in [-0.39, 0.29) is 6.42 Å². The van der Waals surface area contributed by atoms with Crippen molar-refractivity contribution in [3.8, 4) is 0 Å². The van der Waals surface area contributed by atoms with Crippen molar-refractivity contribution in [3.05, 3.63) is 21.4 Å². The molecule has 2 heterocycles. The van der Waals surface area contributed by atoms with Crippen LogP contribution in [0.2, 0.25) is 5.15 Å². The minimum atomic E-state index is -0.716. The highest BCUT2D eigenvalue weighted by atomic mass is 35.5. The summed E-state index contributed by atoms with van der Waals surface area (Å²) in [5, 5.41) is 10.3. The molecule has 2 aromatic rings. The van der Waals surface area contributed by atoms with Crippen molar-refractivity contribution >= 4 is 39.1 Å². The van der Waals surface area contributed by atoms with E-state index in [0.29, 0.717) is 5.15 Å². The van der Waals surface area contributed by atoms with Crippen LogP contribution < -0.4 is 0 Å². The predicted octanol–water partition coefficient (Wildman–Crippen LogP) is 4.80. The number of carboxylic acid groups (broad SMARTS) is 1. The Hall–Kier alpha value is -1.20. The molecule has 124 valence electrons. The van der Waals surface area contributed by atoms with Crippen LogP contribution >= 0.6 is 22.9 Å². The number of nitrogens with zero attached hydrogens (tertiary/aromatic N) is 2. The molecular weight excluding hydrogens is 332 g/mol. The zero-order valence-electron chi connectivity index (χ0n) is 13.1. The number of carbonyl (C=O) groups is 1. The highest BCUT2D eigenvalue weighted by Crippen LogP contribution is 2.38. The second-order valence-electron chi connectivity index (χ2n) is 6.13. The molecular formula is C17H21ClN2O2S. The first-order valence-electron chi connectivity index (χ1n) is 8.33. The van der Waals surface area contributed by atoms with E-state index in [9.17, 15) is 4.79 Å². The van der Waals surface area contributed by atoms with E-state index in [2.05, 4.69) is 4.98 Å². The van der Waals surface area contributed by atoms with Gasteiger partial charge in [0.25, 0.3) is 0 Å². The smallest absolute Gasteiger partial charge is 0.303 e. The maximum atomic E-state index is 10.5. The molecule has 2 aromatic heterocycles. The van der Waals surface area contributed by atoms with E-state index in [1.165, 1.54) is 23.3 Å². The maximum Gasteiger partial charge on any atom is 0.303 e. The van der Waals surface area contributed by atoms with Crippen molar-refractivity contribution in [3.63, 3.8) is 0 Å². The summed E-state index contributed by atoms with van der Waals surface area (Å²) in [5.74, 6) is 0.103. The lowest BCUT2D eigenvalue weighted by Crippen LogP contribution is -2.00. The maximum absolute atomic E-state index is 10.5. The van der Waals surface area contributed by atoms with Gasteiger partial charge in [-0.25, -0.2) is 9.97 Å². The third-order valence-corrected chi connectivity index (χ3v) is 5.82. The zero-order valence-corrected chi connectivity index (χ0v) is 14.7. The highest BCUT2D eigenvalue weighted by molar-refractivity contribution is 7.19. The van der Waals surface area contributed by atoms with E-state index >= 15 is 0 Å². The van der Waals surface area contributed by atoms with Crippen LogP contribution in [0, 0.1) is 0 Å². The van der Waals surface area contributed by atoms with Crippen LogP contribution in [0.1, 0.15) is 61.2 Å². The van der Waals surface area contributed by atoms with Crippen LogP contribution in [0.4, 0.5) is 0 Å². The molecule has 0 atom stereocenters. The Balaban J connectivity index is 1.62. The van der Waals surface area contributed by atoms with Gasteiger partial charge < -0.3 is 5.11 Å². The molecule has 0 radical (unpaired) electrons. The van der Waals surface area contributed by atoms with Crippen LogP contribution in [-0.4, -0.2) is 21.0 Å². The first-order chi connectivity index (χ1) is 11.1. The monoisotopic (exact) mass is 352 g/mol. The molecule has 0 unspecified atom stereocenters. The third kappa shape index (κ3) is 4.01. The lowest BCUT2D eigenvalue weighted by atomic mass is 9.97. The average Bonchev–Trinajstić information content (AvgIpc) is 2.89. The Morgan fingerprint density at radius 3 is 2.74 bits per heavy atom. The number of aromatic nitrogens is 2. The summed E-state index contributed by atoms with van der Waals surface area (Å²) in [6.45, 7) is 0. The Bertz CT molecular complexity index is 714. The van der Waals surface area contributed by atoms with Crippen molar-refractivity contribution in [2.75, 3.05) is 0 Å². The number of unbranched alkanes of at least 4 members (excludes halogenated alkanes) is 3. The average molecular weight is 353 g/mol. The van der Waals surface area contributed by atoms with Gasteiger partial charge in [0.1, 0.15) is 15.8 Å². The van der Waals surface area contributed by atoms with E-state index in [0.717, 1.165) is 61.0 Å². The number of aliphatic carboxylic acids is 1. The predicted molar refractivity (Wildman–Crippen MR) is 93.5 cm³/mol. The van der Waals surface area contributed by atoms with E-state index in [1.807, 2.05) is 0 Å². The van der Waals surface area contributed by atoms with Gasteiger partial charge in [0.15, 0.2) is 0 Å². The van der Waals surface area contributed by atoms with Crippen LogP contribution in [0.5, 0.6) is 0 Å². The summed E-state index contributed by atoms with van der Waals surface area (Å²) >= 11 is 8.21. The fraction of sp³-hybridized carbons (Fsp3) is 0.588. The topological polar surface area (TPSA) is 63.1 Å². The van der Waals surface area contributed by atoms with Crippen molar-refractivity contribution < 1.29 is 9.90 Å². The quantitative estimate of drug-likeness (QED) is 0.574. The molecule has 0 aliphatic heterocycles. The number of rotatable bonds is 7. The van der Waals surface area contributed by atoms with Crippen LogP contribution in [0.3, 0.4) is 0 Å². The summed E-state index contributed by atoms with van der Waals surface area (Å²) in [7, 11) is 0. The number of thiophene rings is 1. The van der Waals surface area contributed by atoms with Gasteiger partial charge in [-0.15, -0.1) is 11.3 Å². The number of fused-ring (bicyclic) bond motifs is 3. The lowest BCUT2D eigenvalue weighted by Gasteiger charge is -2.10. The first-order valence-corrected chi connectivity index (χ1v) is 9.53. The Morgan fingerprint density at radius 1 is 1.13 bits per heavy atom. The second kappa shape index (κ2) is 7.58. The molecule has 23 heavy (non-hydrogen) atoms. The standard InChI is InChI=1S/C17H21ClN2O2S/c18-16-15-11-7-5-6-8-12(11)23-17(15)20-13(19-16)9-3-1-2-4-10-14(21)22/h1-10H2,(H,21,22). The first kappa shape index (κ1) is 16.7.